The molecule has 24 heavy (non-hydrogen) atoms. The molecule has 0 radical (unpaired) electrons. The lowest BCUT2D eigenvalue weighted by Crippen LogP contribution is -2.23. The maximum absolute atomic E-state index is 12.0. The van der Waals surface area contributed by atoms with Gasteiger partial charge in [-0.3, -0.25) is 8.98 Å². The van der Waals surface area contributed by atoms with E-state index in [-0.39, 0.29) is 17.5 Å². The Hall–Kier alpha value is -1.40. The van der Waals surface area contributed by atoms with Crippen LogP contribution in [0.3, 0.4) is 0 Å². The molecule has 0 aliphatic heterocycles. The first-order valence-corrected chi connectivity index (χ1v) is 9.69. The standard InChI is InChI=1S/C18H28O5S/c1-15-10-12-16(13-11-15)24(20,21)22-14-8-6-5-7-9-17(19)23-18(2,3)4/h10-13H,5-9,14H2,1-4H3. The molecule has 0 bridgehead atoms. The Morgan fingerprint density at radius 1 is 1.00 bits per heavy atom. The number of carbonyl (C=O) groups is 1. The highest BCUT2D eigenvalue weighted by Gasteiger charge is 2.16. The van der Waals surface area contributed by atoms with Gasteiger partial charge in [-0.05, 0) is 52.7 Å². The number of aryl methyl sites for hydroxylation is 1. The van der Waals surface area contributed by atoms with Crippen molar-refractivity contribution in [3.63, 3.8) is 0 Å². The van der Waals surface area contributed by atoms with Gasteiger partial charge in [0.15, 0.2) is 0 Å². The summed E-state index contributed by atoms with van der Waals surface area (Å²) in [5, 5.41) is 0. The highest BCUT2D eigenvalue weighted by molar-refractivity contribution is 7.86. The Kier molecular flexibility index (Phi) is 7.90. The van der Waals surface area contributed by atoms with Crippen molar-refractivity contribution in [1.82, 2.24) is 0 Å². The number of rotatable bonds is 9. The summed E-state index contributed by atoms with van der Waals surface area (Å²) in [4.78, 5) is 11.7. The molecule has 0 atom stereocenters. The number of benzene rings is 1. The molecule has 0 saturated carbocycles. The van der Waals surface area contributed by atoms with Gasteiger partial charge in [0.1, 0.15) is 5.60 Å². The zero-order valence-corrected chi connectivity index (χ0v) is 15.8. The second kappa shape index (κ2) is 9.18. The summed E-state index contributed by atoms with van der Waals surface area (Å²) in [6.45, 7) is 7.58. The van der Waals surface area contributed by atoms with Crippen molar-refractivity contribution in [1.29, 1.82) is 0 Å². The van der Waals surface area contributed by atoms with Crippen LogP contribution in [0.15, 0.2) is 29.2 Å². The van der Waals surface area contributed by atoms with E-state index in [1.165, 1.54) is 0 Å². The minimum Gasteiger partial charge on any atom is -0.460 e. The van der Waals surface area contributed by atoms with Gasteiger partial charge < -0.3 is 4.74 Å². The van der Waals surface area contributed by atoms with Gasteiger partial charge in [0, 0.05) is 6.42 Å². The highest BCUT2D eigenvalue weighted by Crippen LogP contribution is 2.15. The fraction of sp³-hybridized carbons (Fsp3) is 0.611. The second-order valence-corrected chi connectivity index (χ2v) is 8.46. The zero-order chi connectivity index (χ0) is 18.2. The predicted octanol–water partition coefficient (Wildman–Crippen LogP) is 3.99. The molecule has 6 heteroatoms. The monoisotopic (exact) mass is 356 g/mol. The maximum Gasteiger partial charge on any atom is 0.306 e. The molecule has 0 aliphatic carbocycles. The van der Waals surface area contributed by atoms with E-state index < -0.39 is 15.7 Å². The lowest BCUT2D eigenvalue weighted by molar-refractivity contribution is -0.154. The van der Waals surface area contributed by atoms with Crippen LogP contribution in [0.1, 0.15) is 58.4 Å². The summed E-state index contributed by atoms with van der Waals surface area (Å²) in [5.74, 6) is -0.194. The molecule has 5 nitrogen and oxygen atoms in total. The first-order valence-electron chi connectivity index (χ1n) is 8.28. The van der Waals surface area contributed by atoms with E-state index in [0.717, 1.165) is 24.8 Å². The van der Waals surface area contributed by atoms with Crippen LogP contribution in [0, 0.1) is 6.92 Å². The quantitative estimate of drug-likeness (QED) is 0.380. The van der Waals surface area contributed by atoms with Gasteiger partial charge in [-0.15, -0.1) is 0 Å². The first kappa shape index (κ1) is 20.6. The van der Waals surface area contributed by atoms with Gasteiger partial charge in [0.25, 0.3) is 10.1 Å². The molecule has 0 aromatic heterocycles. The van der Waals surface area contributed by atoms with Crippen LogP contribution in [-0.2, 0) is 23.8 Å². The van der Waals surface area contributed by atoms with E-state index in [1.54, 1.807) is 24.3 Å². The van der Waals surface area contributed by atoms with E-state index in [0.29, 0.717) is 12.8 Å². The maximum atomic E-state index is 12.0. The molecule has 1 aromatic carbocycles. The van der Waals surface area contributed by atoms with Crippen LogP contribution in [0.2, 0.25) is 0 Å². The summed E-state index contributed by atoms with van der Waals surface area (Å²) < 4.78 is 34.2. The molecule has 0 spiro atoms. The van der Waals surface area contributed by atoms with E-state index in [1.807, 2.05) is 27.7 Å². The average molecular weight is 356 g/mol. The average Bonchev–Trinajstić information content (AvgIpc) is 2.44. The number of hydrogen-bond donors (Lipinski definition) is 0. The Bertz CT molecular complexity index is 612. The van der Waals surface area contributed by atoms with E-state index in [9.17, 15) is 13.2 Å². The fourth-order valence-electron chi connectivity index (χ4n) is 2.06. The van der Waals surface area contributed by atoms with Crippen LogP contribution in [0.4, 0.5) is 0 Å². The van der Waals surface area contributed by atoms with Crippen molar-refractivity contribution >= 4 is 16.1 Å². The summed E-state index contributed by atoms with van der Waals surface area (Å²) >= 11 is 0. The Balaban J connectivity index is 2.18. The van der Waals surface area contributed by atoms with Crippen LogP contribution in [-0.4, -0.2) is 26.6 Å². The Labute approximate surface area is 145 Å². The van der Waals surface area contributed by atoms with Gasteiger partial charge >= 0.3 is 5.97 Å². The molecule has 1 rings (SSSR count). The van der Waals surface area contributed by atoms with Crippen molar-refractivity contribution < 1.29 is 22.1 Å². The lowest BCUT2D eigenvalue weighted by atomic mass is 10.1. The van der Waals surface area contributed by atoms with E-state index in [2.05, 4.69) is 0 Å². The molecule has 0 heterocycles. The molecule has 136 valence electrons. The lowest BCUT2D eigenvalue weighted by Gasteiger charge is -2.19. The number of unbranched alkanes of at least 4 members (excludes halogenated alkanes) is 3. The van der Waals surface area contributed by atoms with Gasteiger partial charge in [0.05, 0.1) is 11.5 Å². The third-order valence-electron chi connectivity index (χ3n) is 3.24. The molecule has 0 unspecified atom stereocenters. The van der Waals surface area contributed by atoms with Crippen LogP contribution in [0.25, 0.3) is 0 Å². The van der Waals surface area contributed by atoms with Crippen LogP contribution >= 0.6 is 0 Å². The van der Waals surface area contributed by atoms with Crippen molar-refractivity contribution in [3.8, 4) is 0 Å². The zero-order valence-electron chi connectivity index (χ0n) is 15.0. The Morgan fingerprint density at radius 3 is 2.17 bits per heavy atom. The number of ether oxygens (including phenoxy) is 1. The summed E-state index contributed by atoms with van der Waals surface area (Å²) in [5.41, 5.74) is 0.550. The van der Waals surface area contributed by atoms with Gasteiger partial charge in [-0.25, -0.2) is 0 Å². The van der Waals surface area contributed by atoms with E-state index >= 15 is 0 Å². The summed E-state index contributed by atoms with van der Waals surface area (Å²) in [6.07, 6.45) is 3.41. The minimum absolute atomic E-state index is 0.155. The fourth-order valence-corrected chi connectivity index (χ4v) is 3.00. The van der Waals surface area contributed by atoms with Crippen molar-refractivity contribution in [3.05, 3.63) is 29.8 Å². The number of carbonyl (C=O) groups excluding carboxylic acids is 1. The molecule has 0 saturated heterocycles. The normalized spacial score (nSPS) is 12.2. The largest absolute Gasteiger partial charge is 0.460 e. The van der Waals surface area contributed by atoms with Crippen molar-refractivity contribution in [2.45, 2.75) is 70.3 Å². The van der Waals surface area contributed by atoms with Crippen LogP contribution in [0.5, 0.6) is 0 Å². The van der Waals surface area contributed by atoms with Crippen molar-refractivity contribution in [2.75, 3.05) is 6.61 Å². The molecule has 0 aliphatic rings. The predicted molar refractivity (Wildman–Crippen MR) is 93.2 cm³/mol. The molecule has 1 aromatic rings. The third kappa shape index (κ3) is 8.45. The highest BCUT2D eigenvalue weighted by atomic mass is 32.2. The smallest absolute Gasteiger partial charge is 0.306 e. The second-order valence-electron chi connectivity index (χ2n) is 6.84. The van der Waals surface area contributed by atoms with Gasteiger partial charge in [-0.2, -0.15) is 8.42 Å². The molecule has 0 fully saturated rings. The van der Waals surface area contributed by atoms with Gasteiger partial charge in [0.2, 0.25) is 0 Å². The number of esters is 1. The van der Waals surface area contributed by atoms with Gasteiger partial charge in [-0.1, -0.05) is 30.5 Å². The minimum atomic E-state index is -3.68. The molecule has 0 amide bonds. The molecule has 0 N–H and O–H groups in total. The molecular weight excluding hydrogens is 328 g/mol. The van der Waals surface area contributed by atoms with E-state index in [4.69, 9.17) is 8.92 Å². The SMILES string of the molecule is Cc1ccc(S(=O)(=O)OCCCCCCC(=O)OC(C)(C)C)cc1. The summed E-state index contributed by atoms with van der Waals surface area (Å²) in [7, 11) is -3.68. The van der Waals surface area contributed by atoms with Crippen molar-refractivity contribution in [2.24, 2.45) is 0 Å². The first-order chi connectivity index (χ1) is 11.1. The van der Waals surface area contributed by atoms with Crippen LogP contribution < -0.4 is 0 Å². The Morgan fingerprint density at radius 2 is 1.58 bits per heavy atom. The third-order valence-corrected chi connectivity index (χ3v) is 4.57. The molecular formula is C18H28O5S. The topological polar surface area (TPSA) is 69.7 Å². The summed E-state index contributed by atoms with van der Waals surface area (Å²) in [6, 6.07) is 6.58. The number of hydrogen-bond acceptors (Lipinski definition) is 5.